The van der Waals surface area contributed by atoms with Crippen molar-refractivity contribution >= 4 is 11.8 Å². The zero-order chi connectivity index (χ0) is 22.6. The topological polar surface area (TPSA) is 58.2 Å². The number of nitrogens with one attached hydrogen (secondary N) is 2. The summed E-state index contributed by atoms with van der Waals surface area (Å²) in [6, 6.07) is 14.8. The van der Waals surface area contributed by atoms with Crippen LogP contribution in [0.5, 0.6) is 0 Å². The molecular weight excluding hydrogens is 405 g/mol. The summed E-state index contributed by atoms with van der Waals surface area (Å²) in [6.45, 7) is 4.28. The van der Waals surface area contributed by atoms with E-state index in [0.29, 0.717) is 5.92 Å². The molecule has 1 aliphatic rings. The van der Waals surface area contributed by atoms with E-state index in [9.17, 15) is 22.8 Å². The molecule has 0 aliphatic carbocycles. The minimum absolute atomic E-state index is 0.142. The summed E-state index contributed by atoms with van der Waals surface area (Å²) < 4.78 is 38.7. The highest BCUT2D eigenvalue weighted by atomic mass is 19.4. The predicted octanol–water partition coefficient (Wildman–Crippen LogP) is 4.55. The number of hydrogen-bond acceptors (Lipinski definition) is 2. The Labute approximate surface area is 180 Å². The molecule has 3 rings (SSSR count). The molecule has 0 bridgehead atoms. The second-order valence-corrected chi connectivity index (χ2v) is 8.42. The van der Waals surface area contributed by atoms with Gasteiger partial charge in [-0.05, 0) is 41.9 Å². The third kappa shape index (κ3) is 5.87. The minimum atomic E-state index is -4.51. The Hall–Kier alpha value is -2.83. The average Bonchev–Trinajstić information content (AvgIpc) is 2.72. The fourth-order valence-corrected chi connectivity index (χ4v) is 3.87. The van der Waals surface area contributed by atoms with Crippen LogP contribution in [-0.4, -0.2) is 24.0 Å². The quantitative estimate of drug-likeness (QED) is 0.658. The molecule has 2 aromatic rings. The maximum Gasteiger partial charge on any atom is 0.408 e. The first-order chi connectivity index (χ1) is 14.6. The number of rotatable bonds is 6. The molecule has 1 heterocycles. The summed E-state index contributed by atoms with van der Waals surface area (Å²) in [6.07, 6.45) is -4.03. The van der Waals surface area contributed by atoms with E-state index in [2.05, 4.69) is 19.2 Å². The molecule has 4 nitrogen and oxygen atoms in total. The van der Waals surface area contributed by atoms with Crippen molar-refractivity contribution < 1.29 is 22.8 Å². The molecule has 0 radical (unpaired) electrons. The maximum atomic E-state index is 12.9. The lowest BCUT2D eigenvalue weighted by atomic mass is 9.91. The number of hydrogen-bond donors (Lipinski definition) is 2. The van der Waals surface area contributed by atoms with E-state index in [1.54, 1.807) is 0 Å². The first-order valence-corrected chi connectivity index (χ1v) is 10.5. The zero-order valence-corrected chi connectivity index (χ0v) is 17.6. The smallest absolute Gasteiger partial charge is 0.344 e. The Balaban J connectivity index is 1.78. The van der Waals surface area contributed by atoms with Gasteiger partial charge in [0.15, 0.2) is 0 Å². The molecule has 1 aliphatic heterocycles. The second-order valence-electron chi connectivity index (χ2n) is 8.42. The fourth-order valence-electron chi connectivity index (χ4n) is 3.87. The molecule has 1 saturated heterocycles. The Morgan fingerprint density at radius 2 is 1.65 bits per heavy atom. The lowest BCUT2D eigenvalue weighted by Crippen LogP contribution is -2.54. The van der Waals surface area contributed by atoms with Crippen molar-refractivity contribution in [2.45, 2.75) is 51.4 Å². The SMILES string of the molecule is CC(C)Cc1ccc(C(NC(=O)C2CCC(C(F)(F)F)NC2=O)c2ccccc2)cc1. The van der Waals surface area contributed by atoms with E-state index in [4.69, 9.17) is 0 Å². The van der Waals surface area contributed by atoms with Crippen LogP contribution in [0.4, 0.5) is 13.2 Å². The van der Waals surface area contributed by atoms with Gasteiger partial charge >= 0.3 is 6.18 Å². The van der Waals surface area contributed by atoms with E-state index in [0.717, 1.165) is 17.5 Å². The van der Waals surface area contributed by atoms with Crippen LogP contribution in [0.2, 0.25) is 0 Å². The van der Waals surface area contributed by atoms with Gasteiger partial charge in [0.05, 0.1) is 6.04 Å². The molecule has 2 amide bonds. The van der Waals surface area contributed by atoms with Crippen LogP contribution < -0.4 is 10.6 Å². The fraction of sp³-hybridized carbons (Fsp3) is 0.417. The molecule has 1 fully saturated rings. The summed E-state index contributed by atoms with van der Waals surface area (Å²) in [4.78, 5) is 25.1. The average molecular weight is 432 g/mol. The molecule has 0 saturated carbocycles. The third-order valence-electron chi connectivity index (χ3n) is 5.47. The van der Waals surface area contributed by atoms with E-state index in [1.165, 1.54) is 5.56 Å². The number of amides is 2. The first kappa shape index (κ1) is 22.8. The van der Waals surface area contributed by atoms with Crippen molar-refractivity contribution in [1.29, 1.82) is 0 Å². The Morgan fingerprint density at radius 3 is 2.19 bits per heavy atom. The van der Waals surface area contributed by atoms with Crippen molar-refractivity contribution in [3.63, 3.8) is 0 Å². The second kappa shape index (κ2) is 9.54. The standard InChI is InChI=1S/C24H27F3N2O2/c1-15(2)14-16-8-10-18(11-9-16)21(17-6-4-3-5-7-17)29-23(31)19-12-13-20(24(25,26)27)28-22(19)30/h3-11,15,19-21H,12-14H2,1-2H3,(H,28,30)(H,29,31). The van der Waals surface area contributed by atoms with E-state index < -0.39 is 36.0 Å². The Kier molecular flexibility index (Phi) is 7.03. The summed E-state index contributed by atoms with van der Waals surface area (Å²) in [7, 11) is 0. The van der Waals surface area contributed by atoms with Gasteiger partial charge in [0.2, 0.25) is 11.8 Å². The van der Waals surface area contributed by atoms with Crippen LogP contribution in [0.15, 0.2) is 54.6 Å². The molecule has 0 spiro atoms. The molecule has 3 unspecified atom stereocenters. The summed E-state index contributed by atoms with van der Waals surface area (Å²) in [5.74, 6) is -2.09. The van der Waals surface area contributed by atoms with E-state index in [1.807, 2.05) is 59.9 Å². The Bertz CT molecular complexity index is 895. The maximum absolute atomic E-state index is 12.9. The molecule has 2 aromatic carbocycles. The van der Waals surface area contributed by atoms with Crippen molar-refractivity contribution in [3.05, 3.63) is 71.3 Å². The molecular formula is C24H27F3N2O2. The first-order valence-electron chi connectivity index (χ1n) is 10.5. The van der Waals surface area contributed by atoms with Crippen LogP contribution in [0.25, 0.3) is 0 Å². The highest BCUT2D eigenvalue weighted by molar-refractivity contribution is 6.01. The minimum Gasteiger partial charge on any atom is -0.344 e. The van der Waals surface area contributed by atoms with Gasteiger partial charge in [-0.1, -0.05) is 68.4 Å². The largest absolute Gasteiger partial charge is 0.408 e. The molecule has 0 aromatic heterocycles. The summed E-state index contributed by atoms with van der Waals surface area (Å²) in [5, 5.41) is 4.82. The van der Waals surface area contributed by atoms with E-state index >= 15 is 0 Å². The van der Waals surface area contributed by atoms with Gasteiger partial charge in [0.25, 0.3) is 0 Å². The lowest BCUT2D eigenvalue weighted by molar-refractivity contribution is -0.171. The van der Waals surface area contributed by atoms with Crippen molar-refractivity contribution in [1.82, 2.24) is 10.6 Å². The molecule has 3 atom stereocenters. The highest BCUT2D eigenvalue weighted by Crippen LogP contribution is 2.30. The molecule has 2 N–H and O–H groups in total. The third-order valence-corrected chi connectivity index (χ3v) is 5.47. The number of alkyl halides is 3. The highest BCUT2D eigenvalue weighted by Gasteiger charge is 2.46. The predicted molar refractivity (Wildman–Crippen MR) is 112 cm³/mol. The normalized spacial score (nSPS) is 20.3. The van der Waals surface area contributed by atoms with Gasteiger partial charge in [-0.15, -0.1) is 0 Å². The van der Waals surface area contributed by atoms with Crippen LogP contribution in [0.1, 0.15) is 49.4 Å². The zero-order valence-electron chi connectivity index (χ0n) is 17.6. The van der Waals surface area contributed by atoms with Crippen LogP contribution in [0, 0.1) is 11.8 Å². The number of halogens is 3. The van der Waals surface area contributed by atoms with Crippen molar-refractivity contribution in [2.75, 3.05) is 0 Å². The molecule has 166 valence electrons. The van der Waals surface area contributed by atoms with Gasteiger partial charge in [-0.25, -0.2) is 0 Å². The Morgan fingerprint density at radius 1 is 1.03 bits per heavy atom. The molecule has 7 heteroatoms. The van der Waals surface area contributed by atoms with Gasteiger partial charge in [0.1, 0.15) is 12.0 Å². The number of benzene rings is 2. The summed E-state index contributed by atoms with van der Waals surface area (Å²) >= 11 is 0. The van der Waals surface area contributed by atoms with Gasteiger partial charge in [-0.2, -0.15) is 13.2 Å². The van der Waals surface area contributed by atoms with Crippen molar-refractivity contribution in [2.24, 2.45) is 11.8 Å². The van der Waals surface area contributed by atoms with Crippen LogP contribution in [-0.2, 0) is 16.0 Å². The van der Waals surface area contributed by atoms with Crippen LogP contribution in [0.3, 0.4) is 0 Å². The van der Waals surface area contributed by atoms with E-state index in [-0.39, 0.29) is 12.8 Å². The summed E-state index contributed by atoms with van der Waals surface area (Å²) in [5.41, 5.74) is 2.86. The lowest BCUT2D eigenvalue weighted by Gasteiger charge is -2.31. The number of piperidine rings is 1. The van der Waals surface area contributed by atoms with Crippen molar-refractivity contribution in [3.8, 4) is 0 Å². The molecule has 31 heavy (non-hydrogen) atoms. The van der Waals surface area contributed by atoms with Crippen LogP contribution >= 0.6 is 0 Å². The van der Waals surface area contributed by atoms with Gasteiger partial charge in [-0.3, -0.25) is 9.59 Å². The van der Waals surface area contributed by atoms with Gasteiger partial charge < -0.3 is 10.6 Å². The van der Waals surface area contributed by atoms with Gasteiger partial charge in [0, 0.05) is 0 Å². The monoisotopic (exact) mass is 432 g/mol. The number of carbonyl (C=O) groups excluding carboxylic acids is 2. The number of carbonyl (C=O) groups is 2.